The lowest BCUT2D eigenvalue weighted by atomic mass is 9.95. The van der Waals surface area contributed by atoms with Gasteiger partial charge >= 0.3 is 0 Å². The zero-order valence-corrected chi connectivity index (χ0v) is 18.0. The van der Waals surface area contributed by atoms with Crippen LogP contribution in [0.5, 0.6) is 11.5 Å². The molecule has 1 N–H and O–H groups in total. The van der Waals surface area contributed by atoms with Crippen molar-refractivity contribution >= 4 is 17.4 Å². The Kier molecular flexibility index (Phi) is 6.08. The van der Waals surface area contributed by atoms with Gasteiger partial charge in [-0.3, -0.25) is 14.6 Å². The fraction of sp³-hybridized carbons (Fsp3) is 0.160. The molecule has 0 saturated carbocycles. The number of aliphatic hydroxyl groups is 1. The SMILES string of the molecule is COc1ccc(/C(O)=C2\C(=O)C(=O)N(Cc3cccnc3)[C@@H]2c2ccc(F)cc2)c(OC)c1. The number of likely N-dealkylation sites (tertiary alicyclic amines) is 1. The van der Waals surface area contributed by atoms with E-state index in [1.54, 1.807) is 42.7 Å². The highest BCUT2D eigenvalue weighted by molar-refractivity contribution is 6.46. The van der Waals surface area contributed by atoms with Crippen LogP contribution in [0.25, 0.3) is 5.76 Å². The predicted molar refractivity (Wildman–Crippen MR) is 118 cm³/mol. The van der Waals surface area contributed by atoms with Gasteiger partial charge in [-0.2, -0.15) is 0 Å². The molecule has 1 atom stereocenters. The Bertz CT molecular complexity index is 1230. The number of nitrogens with zero attached hydrogens (tertiary/aromatic N) is 2. The Hall–Kier alpha value is -4.20. The highest BCUT2D eigenvalue weighted by Gasteiger charge is 2.46. The van der Waals surface area contributed by atoms with Gasteiger partial charge in [0.25, 0.3) is 11.7 Å². The lowest BCUT2D eigenvalue weighted by molar-refractivity contribution is -0.140. The number of amides is 1. The first-order valence-electron chi connectivity index (χ1n) is 10.1. The van der Waals surface area contributed by atoms with Crippen LogP contribution in [0.1, 0.15) is 22.7 Å². The van der Waals surface area contributed by atoms with Crippen molar-refractivity contribution in [3.63, 3.8) is 0 Å². The molecule has 1 aromatic heterocycles. The van der Waals surface area contributed by atoms with Gasteiger partial charge in [0, 0.05) is 25.0 Å². The van der Waals surface area contributed by atoms with Gasteiger partial charge in [0.2, 0.25) is 0 Å². The standard InChI is InChI=1S/C25H21FN2O5/c1-32-18-9-10-19(20(12-18)33-2)23(29)21-22(16-5-7-17(26)8-6-16)28(25(31)24(21)30)14-15-4-3-11-27-13-15/h3-13,22,29H,14H2,1-2H3/b23-21+/t22-/m1/s1. The summed E-state index contributed by atoms with van der Waals surface area (Å²) in [5, 5.41) is 11.2. The van der Waals surface area contributed by atoms with Gasteiger partial charge in [-0.15, -0.1) is 0 Å². The lowest BCUT2D eigenvalue weighted by Crippen LogP contribution is -2.29. The predicted octanol–water partition coefficient (Wildman–Crippen LogP) is 3.86. The minimum atomic E-state index is -0.933. The number of carbonyl (C=O) groups is 2. The maximum Gasteiger partial charge on any atom is 0.295 e. The largest absolute Gasteiger partial charge is 0.507 e. The van der Waals surface area contributed by atoms with Crippen LogP contribution in [0.4, 0.5) is 4.39 Å². The van der Waals surface area contributed by atoms with Crippen molar-refractivity contribution in [3.8, 4) is 11.5 Å². The van der Waals surface area contributed by atoms with Crippen molar-refractivity contribution in [1.29, 1.82) is 0 Å². The van der Waals surface area contributed by atoms with Crippen molar-refractivity contribution in [1.82, 2.24) is 9.88 Å². The number of carbonyl (C=O) groups excluding carboxylic acids is 2. The zero-order valence-electron chi connectivity index (χ0n) is 18.0. The fourth-order valence-corrected chi connectivity index (χ4v) is 3.86. The molecule has 1 fully saturated rings. The minimum absolute atomic E-state index is 0.0803. The van der Waals surface area contributed by atoms with Crippen molar-refractivity contribution in [2.45, 2.75) is 12.6 Å². The number of methoxy groups -OCH3 is 2. The van der Waals surface area contributed by atoms with Crippen molar-refractivity contribution in [3.05, 3.63) is 95.1 Å². The number of ether oxygens (including phenoxy) is 2. The van der Waals surface area contributed by atoms with E-state index >= 15 is 0 Å². The molecule has 0 spiro atoms. The monoisotopic (exact) mass is 448 g/mol. The summed E-state index contributed by atoms with van der Waals surface area (Å²) in [5.74, 6) is -1.71. The molecule has 8 heteroatoms. The molecule has 4 rings (SSSR count). The molecule has 2 heterocycles. The number of pyridine rings is 1. The molecule has 1 aliphatic heterocycles. The zero-order chi connectivity index (χ0) is 23.5. The fourth-order valence-electron chi connectivity index (χ4n) is 3.86. The van der Waals surface area contributed by atoms with Crippen LogP contribution >= 0.6 is 0 Å². The molecule has 0 aliphatic carbocycles. The van der Waals surface area contributed by atoms with Crippen LogP contribution in [0.3, 0.4) is 0 Å². The average molecular weight is 448 g/mol. The van der Waals surface area contributed by atoms with Gasteiger partial charge in [-0.1, -0.05) is 18.2 Å². The molecule has 0 radical (unpaired) electrons. The highest BCUT2D eigenvalue weighted by atomic mass is 19.1. The van der Waals surface area contributed by atoms with Gasteiger partial charge in [-0.25, -0.2) is 4.39 Å². The van der Waals surface area contributed by atoms with Crippen molar-refractivity contribution in [2.24, 2.45) is 0 Å². The molecular formula is C25H21FN2O5. The molecule has 7 nitrogen and oxygen atoms in total. The molecule has 2 aromatic carbocycles. The van der Waals surface area contributed by atoms with E-state index in [4.69, 9.17) is 9.47 Å². The van der Waals surface area contributed by atoms with E-state index in [0.29, 0.717) is 16.9 Å². The number of aliphatic hydroxyl groups excluding tert-OH is 1. The second kappa shape index (κ2) is 9.12. The van der Waals surface area contributed by atoms with Crippen LogP contribution in [0, 0.1) is 5.82 Å². The van der Waals surface area contributed by atoms with Gasteiger partial charge in [0.05, 0.1) is 31.4 Å². The first-order chi connectivity index (χ1) is 15.9. The van der Waals surface area contributed by atoms with Crippen LogP contribution < -0.4 is 9.47 Å². The van der Waals surface area contributed by atoms with Crippen LogP contribution in [0.15, 0.2) is 72.6 Å². The van der Waals surface area contributed by atoms with E-state index in [1.807, 2.05) is 0 Å². The summed E-state index contributed by atoms with van der Waals surface area (Å²) in [7, 11) is 2.91. The van der Waals surface area contributed by atoms with E-state index < -0.39 is 29.3 Å². The molecule has 1 amide bonds. The van der Waals surface area contributed by atoms with Gasteiger partial charge in [0.15, 0.2) is 0 Å². The number of benzene rings is 2. The number of hydrogen-bond acceptors (Lipinski definition) is 6. The average Bonchev–Trinajstić information content (AvgIpc) is 3.09. The van der Waals surface area contributed by atoms with E-state index in [2.05, 4.69) is 4.98 Å². The molecule has 3 aromatic rings. The summed E-state index contributed by atoms with van der Waals surface area (Å²) in [5.41, 5.74) is 1.30. The molecule has 33 heavy (non-hydrogen) atoms. The van der Waals surface area contributed by atoms with E-state index in [1.165, 1.54) is 43.4 Å². The molecule has 168 valence electrons. The van der Waals surface area contributed by atoms with Gasteiger partial charge in [-0.05, 0) is 41.5 Å². The van der Waals surface area contributed by atoms with Crippen molar-refractivity contribution in [2.75, 3.05) is 14.2 Å². The van der Waals surface area contributed by atoms with Crippen LogP contribution in [-0.2, 0) is 16.1 Å². The second-order valence-corrected chi connectivity index (χ2v) is 7.41. The number of ketones is 1. The molecule has 1 aliphatic rings. The summed E-state index contributed by atoms with van der Waals surface area (Å²) >= 11 is 0. The Morgan fingerprint density at radius 1 is 1.09 bits per heavy atom. The minimum Gasteiger partial charge on any atom is -0.507 e. The Morgan fingerprint density at radius 2 is 1.85 bits per heavy atom. The van der Waals surface area contributed by atoms with E-state index in [-0.39, 0.29) is 23.4 Å². The summed E-state index contributed by atoms with van der Waals surface area (Å²) in [6.45, 7) is 0.0803. The summed E-state index contributed by atoms with van der Waals surface area (Å²) in [4.78, 5) is 31.6. The lowest BCUT2D eigenvalue weighted by Gasteiger charge is -2.25. The first kappa shape index (κ1) is 22.0. The van der Waals surface area contributed by atoms with E-state index in [0.717, 1.165) is 0 Å². The van der Waals surface area contributed by atoms with Gasteiger partial charge in [0.1, 0.15) is 23.1 Å². The highest BCUT2D eigenvalue weighted by Crippen LogP contribution is 2.42. The Morgan fingerprint density at radius 3 is 2.48 bits per heavy atom. The number of hydrogen-bond donors (Lipinski definition) is 1. The molecule has 0 unspecified atom stereocenters. The maximum absolute atomic E-state index is 13.6. The quantitative estimate of drug-likeness (QED) is 0.350. The molecular weight excluding hydrogens is 427 g/mol. The number of Topliss-reactive ketones (excluding diaryl/α,β-unsaturated/α-hetero) is 1. The third kappa shape index (κ3) is 4.15. The normalized spacial score (nSPS) is 17.3. The van der Waals surface area contributed by atoms with Crippen LogP contribution in [-0.4, -0.2) is 40.9 Å². The Labute approximate surface area is 189 Å². The topological polar surface area (TPSA) is 89.0 Å². The smallest absolute Gasteiger partial charge is 0.295 e. The summed E-state index contributed by atoms with van der Waals surface area (Å²) < 4.78 is 24.2. The van der Waals surface area contributed by atoms with Crippen molar-refractivity contribution < 1.29 is 28.6 Å². The summed E-state index contributed by atoms with van der Waals surface area (Å²) in [6, 6.07) is 12.7. The van der Waals surface area contributed by atoms with E-state index in [9.17, 15) is 19.1 Å². The molecule has 1 saturated heterocycles. The second-order valence-electron chi connectivity index (χ2n) is 7.41. The number of rotatable bonds is 6. The number of aromatic nitrogens is 1. The van der Waals surface area contributed by atoms with Crippen LogP contribution in [0.2, 0.25) is 0 Å². The molecule has 0 bridgehead atoms. The Balaban J connectivity index is 1.89. The van der Waals surface area contributed by atoms with Gasteiger partial charge < -0.3 is 19.5 Å². The number of halogens is 1. The first-order valence-corrected chi connectivity index (χ1v) is 10.1. The summed E-state index contributed by atoms with van der Waals surface area (Å²) in [6.07, 6.45) is 3.19. The third-order valence-electron chi connectivity index (χ3n) is 5.47. The third-order valence-corrected chi connectivity index (χ3v) is 5.47. The maximum atomic E-state index is 13.6.